The van der Waals surface area contributed by atoms with Crippen molar-refractivity contribution in [1.82, 2.24) is 0 Å². The Bertz CT molecular complexity index is 385. The first-order valence-electron chi connectivity index (χ1n) is 5.88. The molecule has 0 aliphatic carbocycles. The van der Waals surface area contributed by atoms with Crippen LogP contribution < -0.4 is 4.74 Å². The molecule has 0 saturated heterocycles. The van der Waals surface area contributed by atoms with E-state index in [1.54, 1.807) is 31.4 Å². The molecular weight excluding hydrogens is 252 g/mol. The summed E-state index contributed by atoms with van der Waals surface area (Å²) >= 11 is 5.75. The van der Waals surface area contributed by atoms with Gasteiger partial charge < -0.3 is 9.47 Å². The lowest BCUT2D eigenvalue weighted by Crippen LogP contribution is -2.24. The van der Waals surface area contributed by atoms with Crippen molar-refractivity contribution in [2.24, 2.45) is 0 Å². The molecule has 0 amide bonds. The van der Waals surface area contributed by atoms with Gasteiger partial charge in [0, 0.05) is 18.6 Å². The van der Waals surface area contributed by atoms with Crippen LogP contribution in [0.3, 0.4) is 0 Å². The van der Waals surface area contributed by atoms with Crippen LogP contribution in [0.5, 0.6) is 5.75 Å². The molecule has 0 saturated carbocycles. The lowest BCUT2D eigenvalue weighted by molar-refractivity contribution is -0.122. The Labute approximate surface area is 113 Å². The number of rotatable bonds is 7. The fraction of sp³-hybridized carbons (Fsp3) is 0.500. The first kappa shape index (κ1) is 15.0. The van der Waals surface area contributed by atoms with E-state index in [0.717, 1.165) is 0 Å². The standard InChI is InChI=1S/C14H19ClO3/c1-14(2,17-3)9-8-12(16)10-18-13-6-4-11(15)5-7-13/h4-7H,8-10H2,1-3H3. The predicted molar refractivity (Wildman–Crippen MR) is 72.3 cm³/mol. The number of benzene rings is 1. The molecule has 100 valence electrons. The number of halogens is 1. The maximum absolute atomic E-state index is 11.6. The highest BCUT2D eigenvalue weighted by Crippen LogP contribution is 2.17. The van der Waals surface area contributed by atoms with Crippen LogP contribution in [-0.2, 0) is 9.53 Å². The minimum absolute atomic E-state index is 0.0649. The van der Waals surface area contributed by atoms with Gasteiger partial charge in [0.15, 0.2) is 5.78 Å². The van der Waals surface area contributed by atoms with Crippen molar-refractivity contribution in [2.75, 3.05) is 13.7 Å². The zero-order valence-electron chi connectivity index (χ0n) is 11.0. The molecule has 0 spiro atoms. The van der Waals surface area contributed by atoms with Gasteiger partial charge in [0.25, 0.3) is 0 Å². The van der Waals surface area contributed by atoms with Gasteiger partial charge in [0.05, 0.1) is 5.60 Å². The van der Waals surface area contributed by atoms with Crippen molar-refractivity contribution in [3.05, 3.63) is 29.3 Å². The Morgan fingerprint density at radius 1 is 1.28 bits per heavy atom. The van der Waals surface area contributed by atoms with Crippen LogP contribution in [0.15, 0.2) is 24.3 Å². The van der Waals surface area contributed by atoms with E-state index in [2.05, 4.69) is 0 Å². The van der Waals surface area contributed by atoms with Gasteiger partial charge in [0.1, 0.15) is 12.4 Å². The number of Topliss-reactive ketones (excluding diaryl/α,β-unsaturated/α-hetero) is 1. The van der Waals surface area contributed by atoms with Gasteiger partial charge in [0.2, 0.25) is 0 Å². The van der Waals surface area contributed by atoms with Gasteiger partial charge in [-0.25, -0.2) is 0 Å². The van der Waals surface area contributed by atoms with Crippen LogP contribution in [0.25, 0.3) is 0 Å². The molecule has 0 aliphatic heterocycles. The Balaban J connectivity index is 2.31. The molecular formula is C14H19ClO3. The normalized spacial score (nSPS) is 11.3. The number of carbonyl (C=O) groups excluding carboxylic acids is 1. The molecule has 0 unspecified atom stereocenters. The third-order valence-corrected chi connectivity index (χ3v) is 3.02. The highest BCUT2D eigenvalue weighted by Gasteiger charge is 2.18. The molecule has 0 aromatic heterocycles. The summed E-state index contributed by atoms with van der Waals surface area (Å²) in [5.41, 5.74) is -0.268. The Kier molecular flexibility index (Phi) is 5.63. The van der Waals surface area contributed by atoms with Gasteiger partial charge in [-0.15, -0.1) is 0 Å². The van der Waals surface area contributed by atoms with Crippen LogP contribution in [0.1, 0.15) is 26.7 Å². The van der Waals surface area contributed by atoms with Crippen LogP contribution >= 0.6 is 11.6 Å². The monoisotopic (exact) mass is 270 g/mol. The van der Waals surface area contributed by atoms with E-state index in [9.17, 15) is 4.79 Å². The Morgan fingerprint density at radius 3 is 2.44 bits per heavy atom. The highest BCUT2D eigenvalue weighted by atomic mass is 35.5. The zero-order chi connectivity index (χ0) is 13.6. The predicted octanol–water partition coefficient (Wildman–Crippen LogP) is 3.49. The van der Waals surface area contributed by atoms with E-state index in [1.165, 1.54) is 0 Å². The average Bonchev–Trinajstić information content (AvgIpc) is 2.36. The Morgan fingerprint density at radius 2 is 1.89 bits per heavy atom. The summed E-state index contributed by atoms with van der Waals surface area (Å²) in [4.78, 5) is 11.6. The summed E-state index contributed by atoms with van der Waals surface area (Å²) in [6.45, 7) is 4.00. The van der Waals surface area contributed by atoms with Gasteiger partial charge in [-0.3, -0.25) is 4.79 Å². The molecule has 0 bridgehead atoms. The summed E-state index contributed by atoms with van der Waals surface area (Å²) in [5.74, 6) is 0.717. The molecule has 1 aromatic rings. The molecule has 3 nitrogen and oxygen atoms in total. The maximum atomic E-state index is 11.6. The second-order valence-electron chi connectivity index (χ2n) is 4.75. The zero-order valence-corrected chi connectivity index (χ0v) is 11.8. The summed E-state index contributed by atoms with van der Waals surface area (Å²) in [6.07, 6.45) is 1.14. The van der Waals surface area contributed by atoms with E-state index in [1.807, 2.05) is 13.8 Å². The molecule has 0 radical (unpaired) electrons. The van der Waals surface area contributed by atoms with E-state index in [-0.39, 0.29) is 18.0 Å². The fourth-order valence-corrected chi connectivity index (χ4v) is 1.44. The van der Waals surface area contributed by atoms with Gasteiger partial charge >= 0.3 is 0 Å². The molecule has 0 heterocycles. The minimum atomic E-state index is -0.268. The number of ketones is 1. The van der Waals surface area contributed by atoms with Gasteiger partial charge in [-0.1, -0.05) is 11.6 Å². The summed E-state index contributed by atoms with van der Waals surface area (Å²) in [5, 5.41) is 0.649. The Hall–Kier alpha value is -1.06. The number of carbonyl (C=O) groups is 1. The van der Waals surface area contributed by atoms with Crippen molar-refractivity contribution in [2.45, 2.75) is 32.3 Å². The summed E-state index contributed by atoms with van der Waals surface area (Å²) in [6, 6.07) is 6.95. The van der Waals surface area contributed by atoms with Crippen LogP contribution in [0.2, 0.25) is 5.02 Å². The van der Waals surface area contributed by atoms with E-state index in [4.69, 9.17) is 21.1 Å². The number of hydrogen-bond donors (Lipinski definition) is 0. The summed E-state index contributed by atoms with van der Waals surface area (Å²) in [7, 11) is 1.65. The highest BCUT2D eigenvalue weighted by molar-refractivity contribution is 6.30. The van der Waals surface area contributed by atoms with Gasteiger partial charge in [-0.05, 0) is 44.5 Å². The van der Waals surface area contributed by atoms with Crippen molar-refractivity contribution < 1.29 is 14.3 Å². The van der Waals surface area contributed by atoms with Crippen LogP contribution in [-0.4, -0.2) is 25.1 Å². The molecule has 1 aromatic carbocycles. The second kappa shape index (κ2) is 6.76. The smallest absolute Gasteiger partial charge is 0.170 e. The molecule has 0 aliphatic rings. The van der Waals surface area contributed by atoms with E-state index < -0.39 is 0 Å². The minimum Gasteiger partial charge on any atom is -0.486 e. The third kappa shape index (κ3) is 5.52. The lowest BCUT2D eigenvalue weighted by atomic mass is 10.0. The lowest BCUT2D eigenvalue weighted by Gasteiger charge is -2.22. The quantitative estimate of drug-likeness (QED) is 0.761. The first-order chi connectivity index (χ1) is 8.43. The molecule has 1 rings (SSSR count). The number of hydrogen-bond acceptors (Lipinski definition) is 3. The van der Waals surface area contributed by atoms with E-state index >= 15 is 0 Å². The largest absolute Gasteiger partial charge is 0.486 e. The molecule has 18 heavy (non-hydrogen) atoms. The second-order valence-corrected chi connectivity index (χ2v) is 5.18. The van der Waals surface area contributed by atoms with Crippen LogP contribution in [0.4, 0.5) is 0 Å². The van der Waals surface area contributed by atoms with Crippen molar-refractivity contribution in [3.63, 3.8) is 0 Å². The molecule has 0 N–H and O–H groups in total. The van der Waals surface area contributed by atoms with Crippen LogP contribution in [0, 0.1) is 0 Å². The first-order valence-corrected chi connectivity index (χ1v) is 6.26. The van der Waals surface area contributed by atoms with E-state index in [0.29, 0.717) is 23.6 Å². The van der Waals surface area contributed by atoms with Crippen molar-refractivity contribution in [3.8, 4) is 5.75 Å². The van der Waals surface area contributed by atoms with Gasteiger partial charge in [-0.2, -0.15) is 0 Å². The van der Waals surface area contributed by atoms with Crippen molar-refractivity contribution in [1.29, 1.82) is 0 Å². The summed E-state index contributed by atoms with van der Waals surface area (Å²) < 4.78 is 10.6. The topological polar surface area (TPSA) is 35.5 Å². The fourth-order valence-electron chi connectivity index (χ4n) is 1.31. The average molecular weight is 271 g/mol. The SMILES string of the molecule is COC(C)(C)CCC(=O)COc1ccc(Cl)cc1. The third-order valence-electron chi connectivity index (χ3n) is 2.77. The molecule has 4 heteroatoms. The van der Waals surface area contributed by atoms with Crippen molar-refractivity contribution >= 4 is 17.4 Å². The number of methoxy groups -OCH3 is 1. The molecule has 0 atom stereocenters. The maximum Gasteiger partial charge on any atom is 0.170 e. The molecule has 0 fully saturated rings. The number of ether oxygens (including phenoxy) is 2.